The molecule has 0 saturated carbocycles. The third-order valence-electron chi connectivity index (χ3n) is 6.82. The molecule has 2 atom stereocenters. The maximum Gasteiger partial charge on any atom is 0.261 e. The van der Waals surface area contributed by atoms with E-state index < -0.39 is 8.32 Å². The lowest BCUT2D eigenvalue weighted by molar-refractivity contribution is -0.109. The monoisotopic (exact) mass is 504 g/mol. The van der Waals surface area contributed by atoms with Gasteiger partial charge in [0.1, 0.15) is 12.0 Å². The molecule has 0 aliphatic rings. The van der Waals surface area contributed by atoms with E-state index in [0.29, 0.717) is 19.6 Å². The summed E-state index contributed by atoms with van der Waals surface area (Å²) < 4.78 is 18.7. The maximum atomic E-state index is 11.5. The van der Waals surface area contributed by atoms with E-state index in [1.807, 2.05) is 24.3 Å². The summed E-state index contributed by atoms with van der Waals surface area (Å²) >= 11 is 0. The number of carbonyl (C=O) groups excluding carboxylic acids is 1. The lowest BCUT2D eigenvalue weighted by Gasteiger charge is -2.46. The van der Waals surface area contributed by atoms with Gasteiger partial charge in [-0.05, 0) is 45.4 Å². The minimum atomic E-state index is -2.72. The highest BCUT2D eigenvalue weighted by atomic mass is 28.4. The van der Waals surface area contributed by atoms with Crippen LogP contribution in [-0.2, 0) is 20.6 Å². The fourth-order valence-corrected chi connectivity index (χ4v) is 9.61. The molecule has 0 aliphatic heterocycles. The molecule has 3 rings (SSSR count). The molecule has 0 spiro atoms. The zero-order valence-electron chi connectivity index (χ0n) is 22.3. The fourth-order valence-electron chi connectivity index (χ4n) is 4.79. The highest BCUT2D eigenvalue weighted by molar-refractivity contribution is 6.99. The Labute approximate surface area is 217 Å². The summed E-state index contributed by atoms with van der Waals surface area (Å²) in [5, 5.41) is 2.36. The standard InChI is InChI=1S/C31H40O4Si/c1-25(20-22-32)30(21-23-34-24-26-16-18-27(33-5)19-17-26)35-36(31(2,3)4,28-12-8-6-9-13-28)29-14-10-7-11-15-29/h6-19,22,25,30H,20-21,23-24H2,1-5H3/t25-,30-/m1/s1. The van der Waals surface area contributed by atoms with Gasteiger partial charge in [-0.25, -0.2) is 0 Å². The van der Waals surface area contributed by atoms with Crippen molar-refractivity contribution >= 4 is 25.0 Å². The summed E-state index contributed by atoms with van der Waals surface area (Å²) in [4.78, 5) is 11.5. The molecule has 0 radical (unpaired) electrons. The predicted octanol–water partition coefficient (Wildman–Crippen LogP) is 5.77. The molecule has 0 heterocycles. The van der Waals surface area contributed by atoms with E-state index in [9.17, 15) is 4.79 Å². The van der Waals surface area contributed by atoms with Crippen LogP contribution in [0, 0.1) is 5.92 Å². The van der Waals surface area contributed by atoms with Gasteiger partial charge in [0.05, 0.1) is 19.8 Å². The fraction of sp³-hybridized carbons (Fsp3) is 0.387. The molecule has 0 N–H and O–H groups in total. The molecule has 0 bridgehead atoms. The molecule has 36 heavy (non-hydrogen) atoms. The Bertz CT molecular complexity index is 1010. The number of benzene rings is 3. The summed E-state index contributed by atoms with van der Waals surface area (Å²) in [6, 6.07) is 29.2. The maximum absolute atomic E-state index is 11.5. The Kier molecular flexibility index (Phi) is 10.1. The number of aldehydes is 1. The first-order valence-corrected chi connectivity index (χ1v) is 14.7. The van der Waals surface area contributed by atoms with E-state index in [0.717, 1.165) is 24.0 Å². The molecule has 0 unspecified atom stereocenters. The largest absolute Gasteiger partial charge is 0.497 e. The topological polar surface area (TPSA) is 44.8 Å². The third-order valence-corrected chi connectivity index (χ3v) is 11.9. The molecule has 3 aromatic rings. The number of methoxy groups -OCH3 is 1. The first-order chi connectivity index (χ1) is 17.3. The van der Waals surface area contributed by atoms with Crippen LogP contribution in [0.15, 0.2) is 84.9 Å². The van der Waals surface area contributed by atoms with E-state index in [1.165, 1.54) is 10.4 Å². The van der Waals surface area contributed by atoms with Crippen LogP contribution in [0.3, 0.4) is 0 Å². The number of hydrogen-bond acceptors (Lipinski definition) is 4. The van der Waals surface area contributed by atoms with Crippen LogP contribution in [0.5, 0.6) is 5.75 Å². The Morgan fingerprint density at radius 2 is 1.42 bits per heavy atom. The molecule has 0 fully saturated rings. The Morgan fingerprint density at radius 1 is 0.861 bits per heavy atom. The van der Waals surface area contributed by atoms with Crippen molar-refractivity contribution in [3.05, 3.63) is 90.5 Å². The van der Waals surface area contributed by atoms with Crippen molar-refractivity contribution in [2.45, 2.75) is 58.3 Å². The van der Waals surface area contributed by atoms with Crippen molar-refractivity contribution in [3.8, 4) is 5.75 Å². The molecule has 4 nitrogen and oxygen atoms in total. The summed E-state index contributed by atoms with van der Waals surface area (Å²) in [5.41, 5.74) is 1.10. The lowest BCUT2D eigenvalue weighted by atomic mass is 9.99. The highest BCUT2D eigenvalue weighted by Gasteiger charge is 2.51. The van der Waals surface area contributed by atoms with Crippen molar-refractivity contribution in [1.82, 2.24) is 0 Å². The van der Waals surface area contributed by atoms with Crippen LogP contribution >= 0.6 is 0 Å². The van der Waals surface area contributed by atoms with E-state index >= 15 is 0 Å². The molecule has 5 heteroatoms. The van der Waals surface area contributed by atoms with E-state index in [4.69, 9.17) is 13.9 Å². The van der Waals surface area contributed by atoms with Crippen molar-refractivity contribution in [2.75, 3.05) is 13.7 Å². The van der Waals surface area contributed by atoms with Gasteiger partial charge in [0.25, 0.3) is 8.32 Å². The highest BCUT2D eigenvalue weighted by Crippen LogP contribution is 2.39. The number of ether oxygens (including phenoxy) is 2. The lowest BCUT2D eigenvalue weighted by Crippen LogP contribution is -2.68. The quantitative estimate of drug-likeness (QED) is 0.168. The minimum absolute atomic E-state index is 0.0775. The molecule has 0 aliphatic carbocycles. The van der Waals surface area contributed by atoms with Crippen LogP contribution < -0.4 is 15.1 Å². The minimum Gasteiger partial charge on any atom is -0.497 e. The normalized spacial score (nSPS) is 13.7. The summed E-state index contributed by atoms with van der Waals surface area (Å²) in [5.74, 6) is 0.911. The molecule has 192 valence electrons. The van der Waals surface area contributed by atoms with Crippen LogP contribution in [0.2, 0.25) is 5.04 Å². The van der Waals surface area contributed by atoms with Gasteiger partial charge in [0.15, 0.2) is 0 Å². The van der Waals surface area contributed by atoms with Gasteiger partial charge in [0.2, 0.25) is 0 Å². The molecule has 0 saturated heterocycles. The summed E-state index contributed by atoms with van der Waals surface area (Å²) in [7, 11) is -1.06. The van der Waals surface area contributed by atoms with Gasteiger partial charge in [0, 0.05) is 13.0 Å². The Morgan fingerprint density at radius 3 is 1.89 bits per heavy atom. The Hall–Kier alpha value is -2.73. The van der Waals surface area contributed by atoms with Gasteiger partial charge < -0.3 is 18.7 Å². The molecule has 0 aromatic heterocycles. The van der Waals surface area contributed by atoms with Crippen molar-refractivity contribution in [1.29, 1.82) is 0 Å². The van der Waals surface area contributed by atoms with E-state index in [2.05, 4.69) is 88.4 Å². The molecular weight excluding hydrogens is 464 g/mol. The van der Waals surface area contributed by atoms with Crippen molar-refractivity contribution in [3.63, 3.8) is 0 Å². The van der Waals surface area contributed by atoms with Crippen LogP contribution in [-0.4, -0.2) is 34.4 Å². The average Bonchev–Trinajstić information content (AvgIpc) is 2.89. The number of rotatable bonds is 13. The predicted molar refractivity (Wildman–Crippen MR) is 150 cm³/mol. The van der Waals surface area contributed by atoms with Crippen LogP contribution in [0.1, 0.15) is 46.1 Å². The van der Waals surface area contributed by atoms with Gasteiger partial charge in [-0.15, -0.1) is 0 Å². The molecule has 0 amide bonds. The second kappa shape index (κ2) is 13.0. The van der Waals surface area contributed by atoms with Gasteiger partial charge >= 0.3 is 0 Å². The second-order valence-electron chi connectivity index (χ2n) is 10.4. The van der Waals surface area contributed by atoms with Gasteiger partial charge in [-0.1, -0.05) is 100 Å². The molecular formula is C31H40O4Si. The summed E-state index contributed by atoms with van der Waals surface area (Å²) in [6.07, 6.45) is 2.07. The first-order valence-electron chi connectivity index (χ1n) is 12.7. The smallest absolute Gasteiger partial charge is 0.261 e. The second-order valence-corrected chi connectivity index (χ2v) is 14.6. The average molecular weight is 505 g/mol. The first kappa shape index (κ1) is 27.8. The SMILES string of the molecule is COc1ccc(COCC[C@@H](O[Si](c2ccccc2)(c2ccccc2)C(C)(C)C)[C@H](C)CC=O)cc1. The van der Waals surface area contributed by atoms with Crippen LogP contribution in [0.4, 0.5) is 0 Å². The van der Waals surface area contributed by atoms with Crippen molar-refractivity contribution < 1.29 is 18.7 Å². The van der Waals surface area contributed by atoms with E-state index in [-0.39, 0.29) is 17.1 Å². The summed E-state index contributed by atoms with van der Waals surface area (Å²) in [6.45, 7) is 10.0. The van der Waals surface area contributed by atoms with Gasteiger partial charge in [-0.3, -0.25) is 0 Å². The number of carbonyl (C=O) groups is 1. The molecule has 3 aromatic carbocycles. The van der Waals surface area contributed by atoms with Gasteiger partial charge in [-0.2, -0.15) is 0 Å². The Balaban J connectivity index is 1.88. The zero-order chi connectivity index (χ0) is 26.0. The van der Waals surface area contributed by atoms with E-state index in [1.54, 1.807) is 7.11 Å². The zero-order valence-corrected chi connectivity index (χ0v) is 23.3. The van der Waals surface area contributed by atoms with Crippen molar-refractivity contribution in [2.24, 2.45) is 5.92 Å². The number of hydrogen-bond donors (Lipinski definition) is 0. The van der Waals surface area contributed by atoms with Crippen LogP contribution in [0.25, 0.3) is 0 Å². The third kappa shape index (κ3) is 6.72.